The van der Waals surface area contributed by atoms with Gasteiger partial charge in [0, 0.05) is 74.2 Å². The van der Waals surface area contributed by atoms with Crippen molar-refractivity contribution in [2.24, 2.45) is 0 Å². The highest BCUT2D eigenvalue weighted by Crippen LogP contribution is 2.35. The van der Waals surface area contributed by atoms with Gasteiger partial charge in [0.05, 0.1) is 18.7 Å². The minimum atomic E-state index is -0.217. The highest BCUT2D eigenvalue weighted by atomic mass is 16.5. The molecule has 2 aromatic heterocycles. The summed E-state index contributed by atoms with van der Waals surface area (Å²) in [7, 11) is 3.78. The van der Waals surface area contributed by atoms with Gasteiger partial charge >= 0.3 is 0 Å². The molecule has 0 saturated carbocycles. The zero-order valence-corrected chi connectivity index (χ0v) is 27.0. The van der Waals surface area contributed by atoms with Gasteiger partial charge in [-0.15, -0.1) is 0 Å². The van der Waals surface area contributed by atoms with Crippen LogP contribution in [0, 0.1) is 13.8 Å². The van der Waals surface area contributed by atoms with Gasteiger partial charge in [0.1, 0.15) is 11.4 Å². The molecule has 4 aromatic rings. The van der Waals surface area contributed by atoms with E-state index < -0.39 is 0 Å². The molecule has 0 spiro atoms. The first-order valence-electron chi connectivity index (χ1n) is 15.9. The van der Waals surface area contributed by atoms with Crippen LogP contribution in [-0.4, -0.2) is 83.7 Å². The average molecular weight is 610 g/mol. The number of hydrogen-bond acceptors (Lipinski definition) is 8. The summed E-state index contributed by atoms with van der Waals surface area (Å²) in [6, 6.07) is 13.7. The topological polar surface area (TPSA) is 95.8 Å². The molecule has 10 nitrogen and oxygen atoms in total. The van der Waals surface area contributed by atoms with Crippen LogP contribution in [-0.2, 0) is 4.79 Å². The maximum Gasteiger partial charge on any atom is 0.260 e. The number of nitrogens with one attached hydrogen (secondary N) is 1. The van der Waals surface area contributed by atoms with Crippen molar-refractivity contribution >= 4 is 34.3 Å². The van der Waals surface area contributed by atoms with Crippen molar-refractivity contribution in [2.45, 2.75) is 46.1 Å². The minimum absolute atomic E-state index is 0.0986. The second-order valence-corrected chi connectivity index (χ2v) is 12.2. The second-order valence-electron chi connectivity index (χ2n) is 12.2. The number of piperidine rings is 1. The van der Waals surface area contributed by atoms with Gasteiger partial charge in [0.25, 0.3) is 5.56 Å². The number of carbonyl (C=O) groups excluding carboxylic acids is 1. The molecule has 2 fully saturated rings. The molecule has 2 aliphatic rings. The number of likely N-dealkylation sites (N-methyl/N-ethyl adjacent to an activating group) is 1. The molecule has 6 rings (SSSR count). The molecule has 1 amide bonds. The standard InChI is InChI=1S/C35H43N7O3/c1-6-31(43)41-15-9-10-26(22-41)42-33-28(24(3)32(34(42)44)27-11-7-8-12-30(27)45-5)21-36-35(38-33)37-25-13-14-29(23(2)20-25)40-18-16-39(4)17-19-40/h7-8,11-14,20-21,26H,6,9-10,15-19,22H2,1-5H3,(H,36,37,38). The number of methoxy groups -OCH3 is 1. The van der Waals surface area contributed by atoms with Crippen molar-refractivity contribution in [2.75, 3.05) is 63.6 Å². The van der Waals surface area contributed by atoms with E-state index in [1.165, 1.54) is 11.3 Å². The number of anilines is 3. The third-order valence-electron chi connectivity index (χ3n) is 9.30. The molecule has 1 N–H and O–H groups in total. The number of aryl methyl sites for hydroxylation is 2. The van der Waals surface area contributed by atoms with Crippen LogP contribution >= 0.6 is 0 Å². The first-order valence-corrected chi connectivity index (χ1v) is 15.9. The summed E-state index contributed by atoms with van der Waals surface area (Å²) < 4.78 is 7.47. The lowest BCUT2D eigenvalue weighted by Gasteiger charge is -2.35. The summed E-state index contributed by atoms with van der Waals surface area (Å²) in [4.78, 5) is 43.6. The molecular weight excluding hydrogens is 566 g/mol. The monoisotopic (exact) mass is 609 g/mol. The molecule has 1 atom stereocenters. The number of amides is 1. The van der Waals surface area contributed by atoms with E-state index in [0.717, 1.165) is 61.2 Å². The fraction of sp³-hybridized carbons (Fsp3) is 0.429. The number of carbonyl (C=O) groups is 1. The van der Waals surface area contributed by atoms with Gasteiger partial charge in [-0.3, -0.25) is 14.2 Å². The Morgan fingerprint density at radius 1 is 1.07 bits per heavy atom. The smallest absolute Gasteiger partial charge is 0.260 e. The number of rotatable bonds is 7. The van der Waals surface area contributed by atoms with Crippen LogP contribution in [0.25, 0.3) is 22.2 Å². The Morgan fingerprint density at radius 2 is 1.84 bits per heavy atom. The Balaban J connectivity index is 1.43. The molecular formula is C35H43N7O3. The largest absolute Gasteiger partial charge is 0.496 e. The number of ether oxygens (including phenoxy) is 1. The third kappa shape index (κ3) is 5.99. The van der Waals surface area contributed by atoms with Gasteiger partial charge in [-0.05, 0) is 69.1 Å². The van der Waals surface area contributed by atoms with Gasteiger partial charge in [0.15, 0.2) is 0 Å². The van der Waals surface area contributed by atoms with Gasteiger partial charge in [-0.2, -0.15) is 4.98 Å². The van der Waals surface area contributed by atoms with Crippen LogP contribution < -0.4 is 20.5 Å². The molecule has 236 valence electrons. The fourth-order valence-corrected chi connectivity index (χ4v) is 6.78. The summed E-state index contributed by atoms with van der Waals surface area (Å²) in [5.74, 6) is 1.15. The number of fused-ring (bicyclic) bond motifs is 1. The number of nitrogens with zero attached hydrogens (tertiary/aromatic N) is 6. The zero-order valence-electron chi connectivity index (χ0n) is 27.0. The SMILES string of the molecule is CCC(=O)N1CCCC(n2c(=O)c(-c3ccccc3OC)c(C)c3cnc(Nc4ccc(N5CCN(C)CC5)c(C)c4)nc32)C1. The molecule has 0 radical (unpaired) electrons. The molecule has 2 saturated heterocycles. The van der Waals surface area contributed by atoms with E-state index in [2.05, 4.69) is 47.3 Å². The summed E-state index contributed by atoms with van der Waals surface area (Å²) >= 11 is 0. The summed E-state index contributed by atoms with van der Waals surface area (Å²) in [6.07, 6.45) is 3.83. The number of likely N-dealkylation sites (tertiary alicyclic amines) is 1. The van der Waals surface area contributed by atoms with E-state index in [1.54, 1.807) is 17.9 Å². The van der Waals surface area contributed by atoms with Gasteiger partial charge in [-0.25, -0.2) is 4.98 Å². The number of aromatic nitrogens is 3. The Morgan fingerprint density at radius 3 is 2.58 bits per heavy atom. The maximum absolute atomic E-state index is 14.6. The van der Waals surface area contributed by atoms with Crippen molar-refractivity contribution in [1.82, 2.24) is 24.3 Å². The fourth-order valence-electron chi connectivity index (χ4n) is 6.78. The van der Waals surface area contributed by atoms with Gasteiger partial charge in [-0.1, -0.05) is 25.1 Å². The van der Waals surface area contributed by atoms with Crippen LogP contribution in [0.1, 0.15) is 43.4 Å². The predicted molar refractivity (Wildman–Crippen MR) is 180 cm³/mol. The van der Waals surface area contributed by atoms with Crippen LogP contribution in [0.5, 0.6) is 5.75 Å². The summed E-state index contributed by atoms with van der Waals surface area (Å²) in [5, 5.41) is 4.19. The van der Waals surface area contributed by atoms with E-state index >= 15 is 0 Å². The minimum Gasteiger partial charge on any atom is -0.496 e. The average Bonchev–Trinajstić information content (AvgIpc) is 3.05. The van der Waals surface area contributed by atoms with Crippen molar-refractivity contribution < 1.29 is 9.53 Å². The van der Waals surface area contributed by atoms with Crippen LogP contribution in [0.2, 0.25) is 0 Å². The Labute approximate surface area is 264 Å². The van der Waals surface area contributed by atoms with E-state index in [9.17, 15) is 9.59 Å². The van der Waals surface area contributed by atoms with E-state index in [-0.39, 0.29) is 17.5 Å². The Hall–Kier alpha value is -4.44. The highest BCUT2D eigenvalue weighted by Gasteiger charge is 2.29. The van der Waals surface area contributed by atoms with Crippen LogP contribution in [0.15, 0.2) is 53.5 Å². The molecule has 1 unspecified atom stereocenters. The molecule has 0 bridgehead atoms. The molecule has 4 heterocycles. The van der Waals surface area contributed by atoms with Gasteiger partial charge in [0.2, 0.25) is 11.9 Å². The lowest BCUT2D eigenvalue weighted by atomic mass is 9.97. The van der Waals surface area contributed by atoms with Crippen molar-refractivity contribution in [3.8, 4) is 16.9 Å². The Kier molecular flexibility index (Phi) is 8.76. The summed E-state index contributed by atoms with van der Waals surface area (Å²) in [5.41, 5.74) is 5.83. The van der Waals surface area contributed by atoms with Crippen LogP contribution in [0.4, 0.5) is 17.3 Å². The van der Waals surface area contributed by atoms with Gasteiger partial charge < -0.3 is 24.8 Å². The van der Waals surface area contributed by atoms with Crippen molar-refractivity contribution in [1.29, 1.82) is 0 Å². The number of hydrogen-bond donors (Lipinski definition) is 1. The second kappa shape index (κ2) is 12.9. The first-order chi connectivity index (χ1) is 21.8. The molecule has 0 aliphatic carbocycles. The lowest BCUT2D eigenvalue weighted by Crippen LogP contribution is -2.44. The molecule has 10 heteroatoms. The van der Waals surface area contributed by atoms with E-state index in [1.807, 2.05) is 43.0 Å². The normalized spacial score (nSPS) is 17.5. The lowest BCUT2D eigenvalue weighted by molar-refractivity contribution is -0.132. The predicted octanol–water partition coefficient (Wildman–Crippen LogP) is 5.15. The third-order valence-corrected chi connectivity index (χ3v) is 9.30. The number of para-hydroxylation sites is 1. The number of piperazine rings is 1. The first kappa shape index (κ1) is 30.6. The van der Waals surface area contributed by atoms with E-state index in [4.69, 9.17) is 14.7 Å². The van der Waals surface area contributed by atoms with Crippen LogP contribution in [0.3, 0.4) is 0 Å². The maximum atomic E-state index is 14.6. The van der Waals surface area contributed by atoms with Crippen molar-refractivity contribution in [3.05, 3.63) is 70.1 Å². The number of benzene rings is 2. The molecule has 2 aliphatic heterocycles. The molecule has 2 aromatic carbocycles. The quantitative estimate of drug-likeness (QED) is 0.307. The number of pyridine rings is 1. The molecule has 45 heavy (non-hydrogen) atoms. The highest BCUT2D eigenvalue weighted by molar-refractivity contribution is 5.88. The Bertz CT molecular complexity index is 1780. The van der Waals surface area contributed by atoms with Crippen molar-refractivity contribution in [3.63, 3.8) is 0 Å². The summed E-state index contributed by atoms with van der Waals surface area (Å²) in [6.45, 7) is 11.2. The zero-order chi connectivity index (χ0) is 31.7. The van der Waals surface area contributed by atoms with E-state index in [0.29, 0.717) is 42.4 Å².